The molecule has 1 aromatic rings. The van der Waals surface area contributed by atoms with E-state index in [1.165, 1.54) is 50.7 Å². The van der Waals surface area contributed by atoms with Crippen LogP contribution < -0.4 is 10.0 Å². The molecule has 0 radical (unpaired) electrons. The van der Waals surface area contributed by atoms with Crippen LogP contribution >= 0.6 is 0 Å². The molecular weight excluding hydrogens is 374 g/mol. The number of hydrogen-bond donors (Lipinski definition) is 2. The molecule has 150 valence electrons. The summed E-state index contributed by atoms with van der Waals surface area (Å²) in [6.45, 7) is 0.803. The lowest BCUT2D eigenvalue weighted by Gasteiger charge is -2.56. The molecule has 1 amide bonds. The fourth-order valence-electron chi connectivity index (χ4n) is 5.99. The second-order valence-electron chi connectivity index (χ2n) is 8.93. The summed E-state index contributed by atoms with van der Waals surface area (Å²) in [7, 11) is -3.65. The molecule has 1 aromatic carbocycles. The third-order valence-electron chi connectivity index (χ3n) is 6.74. The largest absolute Gasteiger partial charge is 0.351 e. The second kappa shape index (κ2) is 7.49. The number of nitriles is 1. The minimum absolute atomic E-state index is 0.0755. The topological polar surface area (TPSA) is 99.1 Å². The minimum Gasteiger partial charge on any atom is -0.351 e. The van der Waals surface area contributed by atoms with Gasteiger partial charge in [0.25, 0.3) is 5.91 Å². The van der Waals surface area contributed by atoms with Crippen molar-refractivity contribution >= 4 is 15.9 Å². The first-order chi connectivity index (χ1) is 13.4. The molecule has 0 saturated heterocycles. The number of carbonyl (C=O) groups is 1. The highest BCUT2D eigenvalue weighted by Crippen LogP contribution is 2.59. The van der Waals surface area contributed by atoms with Gasteiger partial charge in [0.2, 0.25) is 10.0 Å². The van der Waals surface area contributed by atoms with Crippen LogP contribution in [0.15, 0.2) is 29.2 Å². The molecule has 0 spiro atoms. The van der Waals surface area contributed by atoms with Gasteiger partial charge in [-0.3, -0.25) is 4.79 Å². The molecule has 2 N–H and O–H groups in total. The van der Waals surface area contributed by atoms with Crippen molar-refractivity contribution in [3.63, 3.8) is 0 Å². The molecule has 4 aliphatic rings. The molecule has 0 unspecified atom stereocenters. The summed E-state index contributed by atoms with van der Waals surface area (Å²) in [5, 5.41) is 11.6. The maximum atomic E-state index is 12.6. The number of sulfonamides is 1. The second-order valence-corrected chi connectivity index (χ2v) is 10.7. The van der Waals surface area contributed by atoms with Gasteiger partial charge in [0.1, 0.15) is 0 Å². The fraction of sp³-hybridized carbons (Fsp3) is 0.619. The SMILES string of the molecule is N#CCCNS(=O)(=O)c1ccc(C(=O)NCC23CC4CC(CC(C4)C2)C3)cc1. The number of carbonyl (C=O) groups excluding carboxylic acids is 1. The standard InChI is InChI=1S/C21H27N3O3S/c22-6-1-7-24-28(26,27)19-4-2-18(3-5-19)20(25)23-14-21-11-15-8-16(12-21)10-17(9-15)13-21/h2-5,15-17,24H,1,7-14H2,(H,23,25). The predicted molar refractivity (Wildman–Crippen MR) is 105 cm³/mol. The van der Waals surface area contributed by atoms with Crippen molar-refractivity contribution in [3.05, 3.63) is 29.8 Å². The number of amides is 1. The zero-order chi connectivity index (χ0) is 19.8. The number of hydrogen-bond acceptors (Lipinski definition) is 4. The Hall–Kier alpha value is -1.91. The maximum Gasteiger partial charge on any atom is 0.251 e. The third-order valence-corrected chi connectivity index (χ3v) is 8.22. The highest BCUT2D eigenvalue weighted by Gasteiger charge is 2.50. The van der Waals surface area contributed by atoms with Crippen molar-refractivity contribution in [2.75, 3.05) is 13.1 Å². The highest BCUT2D eigenvalue weighted by molar-refractivity contribution is 7.89. The van der Waals surface area contributed by atoms with Gasteiger partial charge in [0.05, 0.1) is 11.0 Å². The fourth-order valence-corrected chi connectivity index (χ4v) is 7.02. The molecule has 4 saturated carbocycles. The van der Waals surface area contributed by atoms with Crippen LogP contribution in [0.2, 0.25) is 0 Å². The highest BCUT2D eigenvalue weighted by atomic mass is 32.2. The van der Waals surface area contributed by atoms with E-state index in [0.29, 0.717) is 5.56 Å². The molecule has 0 atom stereocenters. The van der Waals surface area contributed by atoms with E-state index in [2.05, 4.69) is 10.0 Å². The molecule has 6 nitrogen and oxygen atoms in total. The molecular formula is C21H27N3O3S. The average Bonchev–Trinajstić information content (AvgIpc) is 2.65. The van der Waals surface area contributed by atoms with Crippen LogP contribution in [0.1, 0.15) is 55.3 Å². The number of rotatable bonds is 7. The van der Waals surface area contributed by atoms with Gasteiger partial charge in [-0.15, -0.1) is 0 Å². The van der Waals surface area contributed by atoms with Crippen molar-refractivity contribution in [2.24, 2.45) is 23.2 Å². The van der Waals surface area contributed by atoms with Crippen LogP contribution in [0.5, 0.6) is 0 Å². The van der Waals surface area contributed by atoms with E-state index in [1.807, 2.05) is 6.07 Å². The van der Waals surface area contributed by atoms with E-state index < -0.39 is 10.0 Å². The summed E-state index contributed by atoms with van der Waals surface area (Å²) in [5.74, 6) is 2.40. The van der Waals surface area contributed by atoms with Gasteiger partial charge in [-0.05, 0) is 86.0 Å². The maximum absolute atomic E-state index is 12.6. The van der Waals surface area contributed by atoms with E-state index in [9.17, 15) is 13.2 Å². The van der Waals surface area contributed by atoms with Crippen LogP contribution in [0.4, 0.5) is 0 Å². The summed E-state index contributed by atoms with van der Waals surface area (Å²) in [4.78, 5) is 12.7. The van der Waals surface area contributed by atoms with Gasteiger partial charge in [-0.1, -0.05) is 0 Å². The van der Waals surface area contributed by atoms with Gasteiger partial charge in [-0.2, -0.15) is 5.26 Å². The molecule has 5 rings (SSSR count). The smallest absolute Gasteiger partial charge is 0.251 e. The minimum atomic E-state index is -3.65. The first-order valence-electron chi connectivity index (χ1n) is 10.1. The lowest BCUT2D eigenvalue weighted by atomic mass is 9.49. The molecule has 0 heterocycles. The van der Waals surface area contributed by atoms with Crippen LogP contribution in [-0.2, 0) is 10.0 Å². The van der Waals surface area contributed by atoms with Gasteiger partial charge in [0, 0.05) is 25.1 Å². The van der Waals surface area contributed by atoms with Crippen molar-refractivity contribution < 1.29 is 13.2 Å². The summed E-state index contributed by atoms with van der Waals surface area (Å²) in [5.41, 5.74) is 0.749. The van der Waals surface area contributed by atoms with Gasteiger partial charge < -0.3 is 5.32 Å². The molecule has 4 aliphatic carbocycles. The Morgan fingerprint density at radius 2 is 1.64 bits per heavy atom. The molecule has 4 bridgehead atoms. The number of nitrogens with one attached hydrogen (secondary N) is 2. The molecule has 0 aliphatic heterocycles. The third kappa shape index (κ3) is 3.94. The Labute approximate surface area is 166 Å². The summed E-state index contributed by atoms with van der Waals surface area (Å²) >= 11 is 0. The molecule has 28 heavy (non-hydrogen) atoms. The average molecular weight is 402 g/mol. The van der Waals surface area contributed by atoms with Crippen LogP contribution in [0.25, 0.3) is 0 Å². The summed E-state index contributed by atoms with van der Waals surface area (Å²) in [6.07, 6.45) is 7.98. The quantitative estimate of drug-likeness (QED) is 0.686. The van der Waals surface area contributed by atoms with E-state index in [0.717, 1.165) is 24.3 Å². The lowest BCUT2D eigenvalue weighted by molar-refractivity contribution is -0.0503. The van der Waals surface area contributed by atoms with E-state index >= 15 is 0 Å². The van der Waals surface area contributed by atoms with Gasteiger partial charge in [-0.25, -0.2) is 13.1 Å². The first kappa shape index (κ1) is 19.4. The van der Waals surface area contributed by atoms with Crippen molar-refractivity contribution in [1.29, 1.82) is 5.26 Å². The Kier molecular flexibility index (Phi) is 5.19. The Morgan fingerprint density at radius 3 is 2.18 bits per heavy atom. The monoisotopic (exact) mass is 401 g/mol. The predicted octanol–water partition coefficient (Wildman–Crippen LogP) is 2.82. The normalized spacial score (nSPS) is 30.8. The summed E-state index contributed by atoms with van der Waals surface area (Å²) < 4.78 is 26.7. The zero-order valence-electron chi connectivity index (χ0n) is 16.0. The number of benzene rings is 1. The van der Waals surface area contributed by atoms with Crippen LogP contribution in [0.3, 0.4) is 0 Å². The van der Waals surface area contributed by atoms with Crippen molar-refractivity contribution in [3.8, 4) is 6.07 Å². The molecule has 4 fully saturated rings. The first-order valence-corrected chi connectivity index (χ1v) is 11.6. The van der Waals surface area contributed by atoms with E-state index in [1.54, 1.807) is 12.1 Å². The Morgan fingerprint density at radius 1 is 1.07 bits per heavy atom. The zero-order valence-corrected chi connectivity index (χ0v) is 16.8. The lowest BCUT2D eigenvalue weighted by Crippen LogP contribution is -2.51. The van der Waals surface area contributed by atoms with Crippen molar-refractivity contribution in [1.82, 2.24) is 10.0 Å². The van der Waals surface area contributed by atoms with Gasteiger partial charge in [0.15, 0.2) is 0 Å². The summed E-state index contributed by atoms with van der Waals surface area (Å²) in [6, 6.07) is 7.87. The van der Waals surface area contributed by atoms with Crippen LogP contribution in [-0.4, -0.2) is 27.4 Å². The Bertz CT molecular complexity index is 851. The Balaban J connectivity index is 1.36. The molecule has 7 heteroatoms. The van der Waals surface area contributed by atoms with E-state index in [-0.39, 0.29) is 29.2 Å². The van der Waals surface area contributed by atoms with Crippen LogP contribution in [0, 0.1) is 34.5 Å². The molecule has 0 aromatic heterocycles. The van der Waals surface area contributed by atoms with Gasteiger partial charge >= 0.3 is 0 Å². The van der Waals surface area contributed by atoms with Crippen molar-refractivity contribution in [2.45, 2.75) is 49.8 Å². The number of nitrogens with zero attached hydrogens (tertiary/aromatic N) is 1. The van der Waals surface area contributed by atoms with E-state index in [4.69, 9.17) is 5.26 Å².